The normalized spacial score (nSPS) is 12.3. The van der Waals surface area contributed by atoms with Crippen molar-refractivity contribution in [3.05, 3.63) is 30.1 Å². The lowest BCUT2D eigenvalue weighted by atomic mass is 10.2. The van der Waals surface area contributed by atoms with Crippen molar-refractivity contribution in [2.24, 2.45) is 0 Å². The number of aromatic nitrogens is 4. The van der Waals surface area contributed by atoms with Gasteiger partial charge in [0.2, 0.25) is 0 Å². The molecular formula is C13H16N4O3. The average molecular weight is 276 g/mol. The Labute approximate surface area is 116 Å². The molecule has 0 saturated carbocycles. The van der Waals surface area contributed by atoms with E-state index < -0.39 is 5.97 Å². The standard InChI is InChI=1S/C13H16N4O3/c1-9(6-8-20-2)17-12(10-5-3-4-7-14-10)11(13(18)19)15-16-17/h3-5,7,9H,6,8H2,1-2H3,(H,18,19). The second-order valence-corrected chi connectivity index (χ2v) is 4.38. The number of hydrogen-bond donors (Lipinski definition) is 1. The van der Waals surface area contributed by atoms with Crippen molar-refractivity contribution in [2.75, 3.05) is 13.7 Å². The first-order valence-corrected chi connectivity index (χ1v) is 6.24. The van der Waals surface area contributed by atoms with Gasteiger partial charge in [-0.05, 0) is 25.5 Å². The van der Waals surface area contributed by atoms with Crippen LogP contribution < -0.4 is 0 Å². The first-order valence-electron chi connectivity index (χ1n) is 6.24. The third-order valence-electron chi connectivity index (χ3n) is 2.96. The summed E-state index contributed by atoms with van der Waals surface area (Å²) in [5.41, 5.74) is 0.869. The van der Waals surface area contributed by atoms with Crippen LogP contribution in [0, 0.1) is 0 Å². The first kappa shape index (κ1) is 14.1. The average Bonchev–Trinajstić information content (AvgIpc) is 2.90. The van der Waals surface area contributed by atoms with Crippen LogP contribution in [0.3, 0.4) is 0 Å². The van der Waals surface area contributed by atoms with Crippen molar-refractivity contribution in [2.45, 2.75) is 19.4 Å². The fourth-order valence-electron chi connectivity index (χ4n) is 1.90. The van der Waals surface area contributed by atoms with Gasteiger partial charge in [-0.3, -0.25) is 4.98 Å². The molecule has 1 unspecified atom stereocenters. The highest BCUT2D eigenvalue weighted by molar-refractivity contribution is 5.92. The Morgan fingerprint density at radius 2 is 2.30 bits per heavy atom. The lowest BCUT2D eigenvalue weighted by Gasteiger charge is -2.14. The topological polar surface area (TPSA) is 90.1 Å². The molecule has 0 aliphatic heterocycles. The van der Waals surface area contributed by atoms with E-state index in [-0.39, 0.29) is 11.7 Å². The molecule has 0 aliphatic carbocycles. The molecule has 0 fully saturated rings. The summed E-state index contributed by atoms with van der Waals surface area (Å²) < 4.78 is 6.63. The molecule has 2 rings (SSSR count). The van der Waals surface area contributed by atoms with Gasteiger partial charge in [0.1, 0.15) is 5.69 Å². The van der Waals surface area contributed by atoms with E-state index in [9.17, 15) is 9.90 Å². The van der Waals surface area contributed by atoms with Gasteiger partial charge in [-0.1, -0.05) is 11.3 Å². The number of hydrogen-bond acceptors (Lipinski definition) is 5. The van der Waals surface area contributed by atoms with Crippen molar-refractivity contribution in [3.63, 3.8) is 0 Å². The molecule has 2 heterocycles. The van der Waals surface area contributed by atoms with Crippen LogP contribution in [0.25, 0.3) is 11.4 Å². The molecule has 2 aromatic rings. The summed E-state index contributed by atoms with van der Waals surface area (Å²) in [6, 6.07) is 5.27. The van der Waals surface area contributed by atoms with E-state index >= 15 is 0 Å². The van der Waals surface area contributed by atoms with E-state index in [0.29, 0.717) is 24.4 Å². The lowest BCUT2D eigenvalue weighted by Crippen LogP contribution is -2.12. The Kier molecular flexibility index (Phi) is 4.41. The predicted octanol–water partition coefficient (Wildman–Crippen LogP) is 1.64. The van der Waals surface area contributed by atoms with Crippen molar-refractivity contribution in [1.82, 2.24) is 20.0 Å². The number of rotatable bonds is 6. The summed E-state index contributed by atoms with van der Waals surface area (Å²) in [6.45, 7) is 2.50. The van der Waals surface area contributed by atoms with E-state index in [4.69, 9.17) is 4.74 Å². The monoisotopic (exact) mass is 276 g/mol. The zero-order valence-corrected chi connectivity index (χ0v) is 11.4. The van der Waals surface area contributed by atoms with Crippen LogP contribution in [-0.2, 0) is 4.74 Å². The zero-order chi connectivity index (χ0) is 14.5. The highest BCUT2D eigenvalue weighted by Crippen LogP contribution is 2.24. The summed E-state index contributed by atoms with van der Waals surface area (Å²) in [4.78, 5) is 15.5. The second-order valence-electron chi connectivity index (χ2n) is 4.38. The lowest BCUT2D eigenvalue weighted by molar-refractivity contribution is 0.0691. The highest BCUT2D eigenvalue weighted by Gasteiger charge is 2.23. The number of ether oxygens (including phenoxy) is 1. The van der Waals surface area contributed by atoms with E-state index in [1.807, 2.05) is 6.92 Å². The van der Waals surface area contributed by atoms with Crippen molar-refractivity contribution in [3.8, 4) is 11.4 Å². The fourth-order valence-corrected chi connectivity index (χ4v) is 1.90. The molecule has 0 aromatic carbocycles. The van der Waals surface area contributed by atoms with Crippen LogP contribution in [0.15, 0.2) is 24.4 Å². The van der Waals surface area contributed by atoms with Gasteiger partial charge in [0.15, 0.2) is 5.69 Å². The second kappa shape index (κ2) is 6.25. The van der Waals surface area contributed by atoms with Gasteiger partial charge in [0, 0.05) is 19.9 Å². The molecule has 0 radical (unpaired) electrons. The van der Waals surface area contributed by atoms with Crippen molar-refractivity contribution < 1.29 is 14.6 Å². The summed E-state index contributed by atoms with van der Waals surface area (Å²) in [5, 5.41) is 16.9. The Morgan fingerprint density at radius 3 is 2.90 bits per heavy atom. The van der Waals surface area contributed by atoms with Gasteiger partial charge in [-0.25, -0.2) is 9.48 Å². The van der Waals surface area contributed by atoms with Gasteiger partial charge >= 0.3 is 5.97 Å². The molecule has 106 valence electrons. The van der Waals surface area contributed by atoms with Crippen LogP contribution >= 0.6 is 0 Å². The Balaban J connectivity index is 2.46. The first-order chi connectivity index (χ1) is 9.65. The summed E-state index contributed by atoms with van der Waals surface area (Å²) in [7, 11) is 1.62. The maximum Gasteiger partial charge on any atom is 0.358 e. The van der Waals surface area contributed by atoms with E-state index in [0.717, 1.165) is 0 Å². The van der Waals surface area contributed by atoms with Gasteiger partial charge < -0.3 is 9.84 Å². The van der Waals surface area contributed by atoms with Crippen LogP contribution in [-0.4, -0.2) is 44.8 Å². The smallest absolute Gasteiger partial charge is 0.358 e. The quantitative estimate of drug-likeness (QED) is 0.862. The van der Waals surface area contributed by atoms with Gasteiger partial charge in [-0.2, -0.15) is 0 Å². The maximum atomic E-state index is 11.3. The number of pyridine rings is 1. The minimum Gasteiger partial charge on any atom is -0.476 e. The molecule has 7 heteroatoms. The molecule has 7 nitrogen and oxygen atoms in total. The van der Waals surface area contributed by atoms with Gasteiger partial charge in [-0.15, -0.1) is 5.10 Å². The third kappa shape index (κ3) is 2.83. The predicted molar refractivity (Wildman–Crippen MR) is 71.4 cm³/mol. The minimum atomic E-state index is -1.11. The number of aromatic carboxylic acids is 1. The molecule has 0 amide bonds. The Bertz CT molecular complexity index is 583. The van der Waals surface area contributed by atoms with Gasteiger partial charge in [0.25, 0.3) is 0 Å². The molecule has 0 aliphatic rings. The SMILES string of the molecule is COCCC(C)n1nnc(C(=O)O)c1-c1ccccn1. The zero-order valence-electron chi connectivity index (χ0n) is 11.4. The van der Waals surface area contributed by atoms with E-state index in [1.165, 1.54) is 0 Å². The number of carboxylic acid groups (broad SMARTS) is 1. The molecule has 0 bridgehead atoms. The largest absolute Gasteiger partial charge is 0.476 e. The molecule has 1 atom stereocenters. The maximum absolute atomic E-state index is 11.3. The number of carboxylic acids is 1. The summed E-state index contributed by atoms with van der Waals surface area (Å²) >= 11 is 0. The molecule has 20 heavy (non-hydrogen) atoms. The van der Waals surface area contributed by atoms with Crippen LogP contribution in [0.2, 0.25) is 0 Å². The van der Waals surface area contributed by atoms with Crippen LogP contribution in [0.4, 0.5) is 0 Å². The number of carbonyl (C=O) groups is 1. The van der Waals surface area contributed by atoms with Crippen LogP contribution in [0.1, 0.15) is 29.9 Å². The van der Waals surface area contributed by atoms with Crippen molar-refractivity contribution in [1.29, 1.82) is 0 Å². The molecule has 0 saturated heterocycles. The Morgan fingerprint density at radius 1 is 1.50 bits per heavy atom. The summed E-state index contributed by atoms with van der Waals surface area (Å²) in [6.07, 6.45) is 2.32. The van der Waals surface area contributed by atoms with E-state index in [1.54, 1.807) is 36.2 Å². The molecule has 0 spiro atoms. The Hall–Kier alpha value is -2.28. The number of methoxy groups -OCH3 is 1. The highest BCUT2D eigenvalue weighted by atomic mass is 16.5. The fraction of sp³-hybridized carbons (Fsp3) is 0.385. The molecule has 2 aromatic heterocycles. The van der Waals surface area contributed by atoms with Crippen LogP contribution in [0.5, 0.6) is 0 Å². The third-order valence-corrected chi connectivity index (χ3v) is 2.96. The number of nitrogens with zero attached hydrogens (tertiary/aromatic N) is 4. The minimum absolute atomic E-state index is 0.0347. The summed E-state index contributed by atoms with van der Waals surface area (Å²) in [5.74, 6) is -1.11. The van der Waals surface area contributed by atoms with E-state index in [2.05, 4.69) is 15.3 Å². The van der Waals surface area contributed by atoms with Crippen molar-refractivity contribution >= 4 is 5.97 Å². The molecule has 1 N–H and O–H groups in total. The molecular weight excluding hydrogens is 260 g/mol. The van der Waals surface area contributed by atoms with Gasteiger partial charge in [0.05, 0.1) is 11.7 Å².